The van der Waals surface area contributed by atoms with E-state index in [4.69, 9.17) is 4.74 Å². The quantitative estimate of drug-likeness (QED) is 0.572. The number of carbonyl (C=O) groups is 2. The van der Waals surface area contributed by atoms with Crippen molar-refractivity contribution in [3.8, 4) is 16.3 Å². The summed E-state index contributed by atoms with van der Waals surface area (Å²) in [6.45, 7) is 3.99. The summed E-state index contributed by atoms with van der Waals surface area (Å²) < 4.78 is 5.16. The van der Waals surface area contributed by atoms with E-state index >= 15 is 0 Å². The number of nitrogens with zero attached hydrogens (tertiary/aromatic N) is 1. The van der Waals surface area contributed by atoms with E-state index in [1.807, 2.05) is 38.1 Å². The molecule has 0 saturated carbocycles. The van der Waals surface area contributed by atoms with Crippen LogP contribution < -0.4 is 15.4 Å². The number of anilines is 2. The van der Waals surface area contributed by atoms with Gasteiger partial charge in [0.1, 0.15) is 16.5 Å². The molecule has 0 unspecified atom stereocenters. The molecular formula is C22H23N3O3S. The highest BCUT2D eigenvalue weighted by atomic mass is 32.1. The van der Waals surface area contributed by atoms with Crippen LogP contribution in [0, 0.1) is 5.92 Å². The molecule has 0 saturated heterocycles. The van der Waals surface area contributed by atoms with Gasteiger partial charge in [-0.2, -0.15) is 0 Å². The van der Waals surface area contributed by atoms with Crippen molar-refractivity contribution in [3.05, 3.63) is 59.6 Å². The molecule has 0 aliphatic heterocycles. The zero-order valence-electron chi connectivity index (χ0n) is 16.6. The Morgan fingerprint density at radius 1 is 1.00 bits per heavy atom. The maximum Gasteiger partial charge on any atom is 0.275 e. The summed E-state index contributed by atoms with van der Waals surface area (Å²) in [5.41, 5.74) is 2.62. The monoisotopic (exact) mass is 409 g/mol. The molecule has 0 atom stereocenters. The van der Waals surface area contributed by atoms with E-state index in [0.29, 0.717) is 29.4 Å². The van der Waals surface area contributed by atoms with Crippen LogP contribution in [0.15, 0.2) is 53.9 Å². The Balaban J connectivity index is 1.61. The summed E-state index contributed by atoms with van der Waals surface area (Å²) in [5.74, 6) is 0.768. The predicted octanol–water partition coefficient (Wildman–Crippen LogP) is 5.06. The summed E-state index contributed by atoms with van der Waals surface area (Å²) in [4.78, 5) is 28.7. The van der Waals surface area contributed by atoms with Gasteiger partial charge in [-0.1, -0.05) is 13.8 Å². The fraction of sp³-hybridized carbons (Fsp3) is 0.227. The molecule has 2 amide bonds. The van der Waals surface area contributed by atoms with Crippen LogP contribution in [0.5, 0.6) is 5.75 Å². The second kappa shape index (κ2) is 9.34. The number of aromatic nitrogens is 1. The van der Waals surface area contributed by atoms with Crippen LogP contribution in [0.3, 0.4) is 0 Å². The Morgan fingerprint density at radius 3 is 2.21 bits per heavy atom. The number of methoxy groups -OCH3 is 1. The molecule has 2 N–H and O–H groups in total. The Labute approximate surface area is 173 Å². The molecule has 0 aliphatic rings. The van der Waals surface area contributed by atoms with Gasteiger partial charge in [0.2, 0.25) is 5.91 Å². The lowest BCUT2D eigenvalue weighted by atomic mass is 10.1. The van der Waals surface area contributed by atoms with Crippen molar-refractivity contribution in [3.63, 3.8) is 0 Å². The molecule has 0 aliphatic carbocycles. The SMILES string of the molecule is COc1ccc(-c2nc(C(=O)Nc3ccc(NC(=O)CC(C)C)cc3)cs2)cc1. The van der Waals surface area contributed by atoms with E-state index in [1.54, 1.807) is 36.8 Å². The van der Waals surface area contributed by atoms with Crippen LogP contribution in [0.4, 0.5) is 11.4 Å². The lowest BCUT2D eigenvalue weighted by molar-refractivity contribution is -0.116. The molecule has 0 spiro atoms. The van der Waals surface area contributed by atoms with Crippen LogP contribution in [-0.2, 0) is 4.79 Å². The average molecular weight is 410 g/mol. The number of benzene rings is 2. The molecule has 6 nitrogen and oxygen atoms in total. The zero-order chi connectivity index (χ0) is 20.8. The van der Waals surface area contributed by atoms with Gasteiger partial charge in [0.05, 0.1) is 7.11 Å². The third-order valence-electron chi connectivity index (χ3n) is 4.09. The van der Waals surface area contributed by atoms with Crippen molar-refractivity contribution in [2.45, 2.75) is 20.3 Å². The van der Waals surface area contributed by atoms with Crippen LogP contribution >= 0.6 is 11.3 Å². The maximum atomic E-state index is 12.5. The predicted molar refractivity (Wildman–Crippen MR) is 117 cm³/mol. The van der Waals surface area contributed by atoms with Crippen LogP contribution in [0.2, 0.25) is 0 Å². The molecule has 2 aromatic carbocycles. The van der Waals surface area contributed by atoms with Crippen molar-refractivity contribution in [1.29, 1.82) is 0 Å². The van der Waals surface area contributed by atoms with Gasteiger partial charge in [-0.3, -0.25) is 9.59 Å². The van der Waals surface area contributed by atoms with Crippen molar-refractivity contribution in [2.75, 3.05) is 17.7 Å². The minimum absolute atomic E-state index is 0.0229. The average Bonchev–Trinajstić information content (AvgIpc) is 3.19. The first kappa shape index (κ1) is 20.5. The number of amides is 2. The minimum Gasteiger partial charge on any atom is -0.497 e. The number of rotatable bonds is 7. The number of thiazole rings is 1. The lowest BCUT2D eigenvalue weighted by Crippen LogP contribution is -2.14. The van der Waals surface area contributed by atoms with Crippen molar-refractivity contribution < 1.29 is 14.3 Å². The minimum atomic E-state index is -0.280. The largest absolute Gasteiger partial charge is 0.497 e. The van der Waals surface area contributed by atoms with Crippen LogP contribution in [0.1, 0.15) is 30.8 Å². The topological polar surface area (TPSA) is 80.3 Å². The van der Waals surface area contributed by atoms with E-state index in [-0.39, 0.29) is 11.8 Å². The normalized spacial score (nSPS) is 10.6. The summed E-state index contributed by atoms with van der Waals surface area (Å²) in [7, 11) is 1.62. The lowest BCUT2D eigenvalue weighted by Gasteiger charge is -2.08. The molecule has 150 valence electrons. The van der Waals surface area contributed by atoms with Crippen molar-refractivity contribution >= 4 is 34.5 Å². The first-order chi connectivity index (χ1) is 13.9. The van der Waals surface area contributed by atoms with Gasteiger partial charge in [0, 0.05) is 28.7 Å². The zero-order valence-corrected chi connectivity index (χ0v) is 17.4. The summed E-state index contributed by atoms with van der Waals surface area (Å²) in [5, 5.41) is 8.17. The van der Waals surface area contributed by atoms with Crippen molar-refractivity contribution in [1.82, 2.24) is 4.98 Å². The van der Waals surface area contributed by atoms with Crippen molar-refractivity contribution in [2.24, 2.45) is 5.92 Å². The van der Waals surface area contributed by atoms with Gasteiger partial charge in [0.25, 0.3) is 5.91 Å². The smallest absolute Gasteiger partial charge is 0.275 e. The van der Waals surface area contributed by atoms with E-state index in [9.17, 15) is 9.59 Å². The van der Waals surface area contributed by atoms with E-state index in [1.165, 1.54) is 11.3 Å². The molecule has 1 aromatic heterocycles. The summed E-state index contributed by atoms with van der Waals surface area (Å²) in [6, 6.07) is 14.6. The summed E-state index contributed by atoms with van der Waals surface area (Å²) >= 11 is 1.41. The van der Waals surface area contributed by atoms with Gasteiger partial charge < -0.3 is 15.4 Å². The Kier molecular flexibility index (Phi) is 6.61. The fourth-order valence-electron chi connectivity index (χ4n) is 2.66. The molecule has 0 fully saturated rings. The number of hydrogen-bond acceptors (Lipinski definition) is 5. The third-order valence-corrected chi connectivity index (χ3v) is 4.99. The first-order valence-electron chi connectivity index (χ1n) is 9.26. The number of hydrogen-bond donors (Lipinski definition) is 2. The first-order valence-corrected chi connectivity index (χ1v) is 10.1. The Hall–Kier alpha value is -3.19. The summed E-state index contributed by atoms with van der Waals surface area (Å²) in [6.07, 6.45) is 0.471. The number of nitrogens with one attached hydrogen (secondary N) is 2. The van der Waals surface area contributed by atoms with E-state index in [2.05, 4.69) is 15.6 Å². The van der Waals surface area contributed by atoms with Gasteiger partial charge in [-0.25, -0.2) is 4.98 Å². The molecule has 3 aromatic rings. The van der Waals surface area contributed by atoms with E-state index < -0.39 is 0 Å². The molecule has 3 rings (SSSR count). The van der Waals surface area contributed by atoms with Gasteiger partial charge in [-0.05, 0) is 54.4 Å². The number of ether oxygens (including phenoxy) is 1. The molecule has 7 heteroatoms. The Bertz CT molecular complexity index is 979. The van der Waals surface area contributed by atoms with Gasteiger partial charge >= 0.3 is 0 Å². The maximum absolute atomic E-state index is 12.5. The molecule has 0 radical (unpaired) electrons. The standard InChI is InChI=1S/C22H23N3O3S/c1-14(2)12-20(26)23-16-6-8-17(9-7-16)24-21(27)19-13-29-22(25-19)15-4-10-18(28-3)11-5-15/h4-11,13-14H,12H2,1-3H3,(H,23,26)(H,24,27). The van der Waals surface area contributed by atoms with Crippen LogP contribution in [-0.4, -0.2) is 23.9 Å². The third kappa shape index (κ3) is 5.65. The molecule has 0 bridgehead atoms. The number of carbonyl (C=O) groups excluding carboxylic acids is 2. The Morgan fingerprint density at radius 2 is 1.62 bits per heavy atom. The highest BCUT2D eigenvalue weighted by molar-refractivity contribution is 7.13. The fourth-order valence-corrected chi connectivity index (χ4v) is 3.47. The van der Waals surface area contributed by atoms with Crippen LogP contribution in [0.25, 0.3) is 10.6 Å². The second-order valence-electron chi connectivity index (χ2n) is 6.94. The highest BCUT2D eigenvalue weighted by Gasteiger charge is 2.13. The molecular weight excluding hydrogens is 386 g/mol. The van der Waals surface area contributed by atoms with Gasteiger partial charge in [0.15, 0.2) is 0 Å². The second-order valence-corrected chi connectivity index (χ2v) is 7.80. The molecule has 1 heterocycles. The molecule has 29 heavy (non-hydrogen) atoms. The van der Waals surface area contributed by atoms with E-state index in [0.717, 1.165) is 16.3 Å². The highest BCUT2D eigenvalue weighted by Crippen LogP contribution is 2.26. The van der Waals surface area contributed by atoms with Gasteiger partial charge in [-0.15, -0.1) is 11.3 Å².